The van der Waals surface area contributed by atoms with Gasteiger partial charge in [-0.25, -0.2) is 14.5 Å². The van der Waals surface area contributed by atoms with E-state index in [0.29, 0.717) is 10.6 Å². The Labute approximate surface area is 152 Å². The zero-order valence-electron chi connectivity index (χ0n) is 13.1. The number of hydrogen-bond donors (Lipinski definition) is 2. The van der Waals surface area contributed by atoms with Gasteiger partial charge in [-0.3, -0.25) is 14.9 Å². The van der Waals surface area contributed by atoms with Crippen LogP contribution in [0, 0.1) is 0 Å². The van der Waals surface area contributed by atoms with Crippen molar-refractivity contribution in [3.63, 3.8) is 0 Å². The largest absolute Gasteiger partial charge is 0.478 e. The first-order valence-electron chi connectivity index (χ1n) is 7.37. The molecule has 1 aliphatic rings. The first-order valence-corrected chi connectivity index (χ1v) is 7.75. The third-order valence-electron chi connectivity index (χ3n) is 3.66. The smallest absolute Gasteiger partial charge is 0.335 e. The van der Waals surface area contributed by atoms with Crippen LogP contribution in [0.1, 0.15) is 15.9 Å². The van der Waals surface area contributed by atoms with Crippen molar-refractivity contribution in [1.82, 2.24) is 5.32 Å². The molecule has 1 heterocycles. The number of halogens is 1. The molecule has 0 radical (unpaired) electrons. The summed E-state index contributed by atoms with van der Waals surface area (Å²) < 4.78 is 0. The third-order valence-corrected chi connectivity index (χ3v) is 3.91. The number of urea groups is 1. The highest BCUT2D eigenvalue weighted by atomic mass is 35.5. The zero-order valence-corrected chi connectivity index (χ0v) is 13.9. The number of imide groups is 2. The van der Waals surface area contributed by atoms with Crippen molar-refractivity contribution in [2.75, 3.05) is 4.90 Å². The number of carboxylic acids is 1. The highest BCUT2D eigenvalue weighted by Crippen LogP contribution is 2.23. The summed E-state index contributed by atoms with van der Waals surface area (Å²) in [6.45, 7) is 0. The molecule has 0 aromatic heterocycles. The number of nitrogens with one attached hydrogen (secondary N) is 1. The maximum Gasteiger partial charge on any atom is 0.335 e. The topological polar surface area (TPSA) is 104 Å². The quantitative estimate of drug-likeness (QED) is 0.638. The van der Waals surface area contributed by atoms with Crippen molar-refractivity contribution >= 4 is 47.2 Å². The molecular weight excluding hydrogens is 360 g/mol. The molecule has 0 bridgehead atoms. The summed E-state index contributed by atoms with van der Waals surface area (Å²) in [7, 11) is 0. The fraction of sp³-hybridized carbons (Fsp3) is 0. The first-order chi connectivity index (χ1) is 12.4. The Morgan fingerprint density at radius 3 is 2.19 bits per heavy atom. The standard InChI is InChI=1S/C18H11ClN2O5/c19-12-5-7-13(8-6-12)21-16(23)14(15(22)20-18(21)26)9-10-1-3-11(4-2-10)17(24)25/h1-9H,(H,24,25)(H,20,22,26). The number of carboxylic acid groups (broad SMARTS) is 1. The van der Waals surface area contributed by atoms with E-state index in [9.17, 15) is 19.2 Å². The number of anilines is 1. The lowest BCUT2D eigenvalue weighted by Crippen LogP contribution is -2.54. The zero-order chi connectivity index (χ0) is 18.8. The minimum absolute atomic E-state index is 0.0736. The van der Waals surface area contributed by atoms with Crippen LogP contribution in [0.25, 0.3) is 6.08 Å². The van der Waals surface area contributed by atoms with Crippen LogP contribution < -0.4 is 10.2 Å². The second-order valence-corrected chi connectivity index (χ2v) is 5.80. The highest BCUT2D eigenvalue weighted by Gasteiger charge is 2.36. The number of carbonyl (C=O) groups excluding carboxylic acids is 3. The second-order valence-electron chi connectivity index (χ2n) is 5.36. The Balaban J connectivity index is 1.96. The minimum Gasteiger partial charge on any atom is -0.478 e. The molecule has 2 aromatic carbocycles. The number of carbonyl (C=O) groups is 4. The summed E-state index contributed by atoms with van der Waals surface area (Å²) in [6, 6.07) is 10.7. The van der Waals surface area contributed by atoms with Crippen LogP contribution in [-0.2, 0) is 9.59 Å². The van der Waals surface area contributed by atoms with Gasteiger partial charge in [0.1, 0.15) is 5.57 Å². The van der Waals surface area contributed by atoms with Crippen LogP contribution in [0.3, 0.4) is 0 Å². The summed E-state index contributed by atoms with van der Waals surface area (Å²) >= 11 is 5.81. The van der Waals surface area contributed by atoms with Crippen LogP contribution in [0.5, 0.6) is 0 Å². The van der Waals surface area contributed by atoms with Gasteiger partial charge in [0, 0.05) is 5.02 Å². The lowest BCUT2D eigenvalue weighted by molar-refractivity contribution is -0.122. The molecule has 4 amide bonds. The van der Waals surface area contributed by atoms with E-state index in [1.54, 1.807) is 0 Å². The molecule has 3 rings (SSSR count). The van der Waals surface area contributed by atoms with Crippen molar-refractivity contribution in [3.8, 4) is 0 Å². The molecule has 1 aliphatic heterocycles. The van der Waals surface area contributed by atoms with E-state index in [-0.39, 0.29) is 16.8 Å². The van der Waals surface area contributed by atoms with Gasteiger partial charge in [-0.05, 0) is 48.0 Å². The lowest BCUT2D eigenvalue weighted by Gasteiger charge is -2.26. The molecule has 26 heavy (non-hydrogen) atoms. The molecule has 130 valence electrons. The van der Waals surface area contributed by atoms with Gasteiger partial charge >= 0.3 is 12.0 Å². The average molecular weight is 371 g/mol. The van der Waals surface area contributed by atoms with Gasteiger partial charge in [0.15, 0.2) is 0 Å². The third kappa shape index (κ3) is 3.33. The summed E-state index contributed by atoms with van der Waals surface area (Å²) in [5, 5.41) is 11.4. The number of rotatable bonds is 3. The molecule has 0 aliphatic carbocycles. The van der Waals surface area contributed by atoms with Crippen molar-refractivity contribution < 1.29 is 24.3 Å². The fourth-order valence-corrected chi connectivity index (χ4v) is 2.50. The summed E-state index contributed by atoms with van der Waals surface area (Å²) in [6.07, 6.45) is 1.29. The van der Waals surface area contributed by atoms with Crippen molar-refractivity contribution in [1.29, 1.82) is 0 Å². The number of amides is 4. The molecular formula is C18H11ClN2O5. The van der Waals surface area contributed by atoms with Crippen molar-refractivity contribution in [2.24, 2.45) is 0 Å². The molecule has 0 spiro atoms. The molecule has 0 unspecified atom stereocenters. The molecule has 0 atom stereocenters. The van der Waals surface area contributed by atoms with Crippen molar-refractivity contribution in [2.45, 2.75) is 0 Å². The van der Waals surface area contributed by atoms with Gasteiger partial charge in [-0.15, -0.1) is 0 Å². The van der Waals surface area contributed by atoms with E-state index in [4.69, 9.17) is 16.7 Å². The molecule has 2 aromatic rings. The number of benzene rings is 2. The van der Waals surface area contributed by atoms with E-state index in [1.807, 2.05) is 0 Å². The fourth-order valence-electron chi connectivity index (χ4n) is 2.37. The van der Waals surface area contributed by atoms with Gasteiger partial charge in [-0.1, -0.05) is 23.7 Å². The van der Waals surface area contributed by atoms with Crippen LogP contribution in [0.15, 0.2) is 54.1 Å². The van der Waals surface area contributed by atoms with Gasteiger partial charge < -0.3 is 5.11 Å². The Hall–Kier alpha value is -3.45. The average Bonchev–Trinajstić information content (AvgIpc) is 2.60. The maximum absolute atomic E-state index is 12.7. The molecule has 8 heteroatoms. The van der Waals surface area contributed by atoms with Gasteiger partial charge in [0.25, 0.3) is 11.8 Å². The first kappa shape index (κ1) is 17.4. The van der Waals surface area contributed by atoms with E-state index < -0.39 is 23.8 Å². The lowest BCUT2D eigenvalue weighted by atomic mass is 10.1. The Kier molecular flexibility index (Phi) is 4.55. The van der Waals surface area contributed by atoms with Gasteiger partial charge in [0.05, 0.1) is 11.3 Å². The van der Waals surface area contributed by atoms with Crippen molar-refractivity contribution in [3.05, 3.63) is 70.3 Å². The molecule has 0 saturated carbocycles. The number of nitrogens with zero attached hydrogens (tertiary/aromatic N) is 1. The minimum atomic E-state index is -1.09. The molecule has 7 nitrogen and oxygen atoms in total. The Bertz CT molecular complexity index is 949. The maximum atomic E-state index is 12.7. The number of barbiturate groups is 1. The monoisotopic (exact) mass is 370 g/mol. The number of hydrogen-bond acceptors (Lipinski definition) is 4. The Morgan fingerprint density at radius 1 is 1.00 bits per heavy atom. The predicted molar refractivity (Wildman–Crippen MR) is 93.9 cm³/mol. The van der Waals surface area contributed by atoms with Gasteiger partial charge in [0.2, 0.25) is 0 Å². The molecule has 1 fully saturated rings. The normalized spacial score (nSPS) is 16.0. The van der Waals surface area contributed by atoms with E-state index >= 15 is 0 Å². The van der Waals surface area contributed by atoms with Crippen LogP contribution in [-0.4, -0.2) is 28.9 Å². The SMILES string of the molecule is O=C1NC(=O)N(c2ccc(Cl)cc2)C(=O)C1=Cc1ccc(C(=O)O)cc1. The van der Waals surface area contributed by atoms with E-state index in [2.05, 4.69) is 5.32 Å². The van der Waals surface area contributed by atoms with Crippen LogP contribution in [0.2, 0.25) is 5.02 Å². The second kappa shape index (κ2) is 6.81. The number of aromatic carboxylic acids is 1. The van der Waals surface area contributed by atoms with Gasteiger partial charge in [-0.2, -0.15) is 0 Å². The highest BCUT2D eigenvalue weighted by molar-refractivity contribution is 6.39. The molecule has 1 saturated heterocycles. The Morgan fingerprint density at radius 2 is 1.62 bits per heavy atom. The molecule has 2 N–H and O–H groups in total. The summed E-state index contributed by atoms with van der Waals surface area (Å²) in [5.41, 5.74) is 0.530. The predicted octanol–water partition coefficient (Wildman–Crippen LogP) is 2.70. The summed E-state index contributed by atoms with van der Waals surface area (Å²) in [5.74, 6) is -2.70. The van der Waals surface area contributed by atoms with E-state index in [1.165, 1.54) is 54.6 Å². The van der Waals surface area contributed by atoms with E-state index in [0.717, 1.165) is 4.90 Å². The van der Waals surface area contributed by atoms with Crippen LogP contribution >= 0.6 is 11.6 Å². The summed E-state index contributed by atoms with van der Waals surface area (Å²) in [4.78, 5) is 48.5. The van der Waals surface area contributed by atoms with Crippen LogP contribution in [0.4, 0.5) is 10.5 Å².